The van der Waals surface area contributed by atoms with Gasteiger partial charge in [-0.05, 0) is 25.2 Å². The Bertz CT molecular complexity index is 106. The number of aliphatic hydroxyl groups is 1. The number of ether oxygens (including phenoxy) is 1. The highest BCUT2D eigenvalue weighted by molar-refractivity contribution is 4.74. The maximum absolute atomic E-state index is 9.63. The predicted molar refractivity (Wildman–Crippen MR) is 44.4 cm³/mol. The summed E-state index contributed by atoms with van der Waals surface area (Å²) in [6.45, 7) is 4.89. The lowest BCUT2D eigenvalue weighted by atomic mass is 9.96. The Labute approximate surface area is 68.6 Å². The fourth-order valence-corrected chi connectivity index (χ4v) is 1.46. The molecule has 0 aliphatic carbocycles. The average molecular weight is 158 g/mol. The van der Waals surface area contributed by atoms with E-state index < -0.39 is 0 Å². The smallest absolute Gasteiger partial charge is 0.0836 e. The second-order valence-electron chi connectivity index (χ2n) is 3.64. The molecule has 1 aliphatic rings. The van der Waals surface area contributed by atoms with Crippen molar-refractivity contribution in [2.24, 2.45) is 5.92 Å². The molecule has 0 radical (unpaired) electrons. The Morgan fingerprint density at radius 1 is 1.36 bits per heavy atom. The first-order chi connectivity index (χ1) is 5.22. The third-order valence-electron chi connectivity index (χ3n) is 2.28. The van der Waals surface area contributed by atoms with Gasteiger partial charge in [-0.2, -0.15) is 0 Å². The molecule has 2 atom stereocenters. The van der Waals surface area contributed by atoms with Gasteiger partial charge in [-0.3, -0.25) is 0 Å². The van der Waals surface area contributed by atoms with Gasteiger partial charge in [0.1, 0.15) is 0 Å². The van der Waals surface area contributed by atoms with Crippen molar-refractivity contribution >= 4 is 0 Å². The minimum Gasteiger partial charge on any atom is -0.390 e. The Kier molecular flexibility index (Phi) is 3.34. The van der Waals surface area contributed by atoms with E-state index in [4.69, 9.17) is 4.74 Å². The van der Waals surface area contributed by atoms with E-state index in [-0.39, 0.29) is 12.2 Å². The van der Waals surface area contributed by atoms with E-state index in [0.29, 0.717) is 5.92 Å². The summed E-state index contributed by atoms with van der Waals surface area (Å²) in [5.74, 6) is 0.318. The van der Waals surface area contributed by atoms with Crippen LogP contribution in [0.2, 0.25) is 0 Å². The third-order valence-corrected chi connectivity index (χ3v) is 2.28. The summed E-state index contributed by atoms with van der Waals surface area (Å²) in [5, 5.41) is 9.63. The molecule has 2 unspecified atom stereocenters. The minimum atomic E-state index is -0.268. The van der Waals surface area contributed by atoms with Gasteiger partial charge in [0.25, 0.3) is 0 Å². The zero-order chi connectivity index (χ0) is 8.27. The second kappa shape index (κ2) is 4.07. The van der Waals surface area contributed by atoms with Crippen molar-refractivity contribution < 1.29 is 9.84 Å². The van der Waals surface area contributed by atoms with Crippen LogP contribution >= 0.6 is 0 Å². The standard InChI is InChI=1S/C9H18O2/c1-7(2)9(10)8-5-3-4-6-11-8/h7-10H,3-6H2,1-2H3. The summed E-state index contributed by atoms with van der Waals surface area (Å²) in [4.78, 5) is 0. The summed E-state index contributed by atoms with van der Waals surface area (Å²) >= 11 is 0. The van der Waals surface area contributed by atoms with Crippen molar-refractivity contribution in [2.45, 2.75) is 45.3 Å². The van der Waals surface area contributed by atoms with Crippen LogP contribution in [0.4, 0.5) is 0 Å². The van der Waals surface area contributed by atoms with Gasteiger partial charge in [-0.1, -0.05) is 13.8 Å². The number of aliphatic hydroxyl groups excluding tert-OH is 1. The Hall–Kier alpha value is -0.0800. The summed E-state index contributed by atoms with van der Waals surface area (Å²) in [6, 6.07) is 0. The molecule has 2 nitrogen and oxygen atoms in total. The molecule has 0 saturated carbocycles. The third kappa shape index (κ3) is 2.46. The van der Waals surface area contributed by atoms with E-state index >= 15 is 0 Å². The Morgan fingerprint density at radius 3 is 2.55 bits per heavy atom. The van der Waals surface area contributed by atoms with Gasteiger partial charge < -0.3 is 9.84 Å². The van der Waals surface area contributed by atoms with Gasteiger partial charge in [0.15, 0.2) is 0 Å². The van der Waals surface area contributed by atoms with Crippen molar-refractivity contribution in [3.8, 4) is 0 Å². The van der Waals surface area contributed by atoms with Gasteiger partial charge in [0.2, 0.25) is 0 Å². The summed E-state index contributed by atoms with van der Waals surface area (Å²) in [7, 11) is 0. The van der Waals surface area contributed by atoms with Crippen LogP contribution in [0, 0.1) is 5.92 Å². The molecular formula is C9H18O2. The molecule has 0 bridgehead atoms. The lowest BCUT2D eigenvalue weighted by Gasteiger charge is -2.29. The molecule has 0 aromatic carbocycles. The molecule has 11 heavy (non-hydrogen) atoms. The predicted octanol–water partition coefficient (Wildman–Crippen LogP) is 1.57. The van der Waals surface area contributed by atoms with E-state index in [1.165, 1.54) is 6.42 Å². The van der Waals surface area contributed by atoms with Gasteiger partial charge in [0, 0.05) is 6.61 Å². The quantitative estimate of drug-likeness (QED) is 0.661. The molecule has 1 N–H and O–H groups in total. The average Bonchev–Trinajstić information content (AvgIpc) is 2.05. The van der Waals surface area contributed by atoms with Gasteiger partial charge in [-0.25, -0.2) is 0 Å². The molecular weight excluding hydrogens is 140 g/mol. The van der Waals surface area contributed by atoms with E-state index in [2.05, 4.69) is 0 Å². The van der Waals surface area contributed by atoms with Gasteiger partial charge in [-0.15, -0.1) is 0 Å². The molecule has 1 saturated heterocycles. The number of hydrogen-bond acceptors (Lipinski definition) is 2. The van der Waals surface area contributed by atoms with Crippen LogP contribution in [0.25, 0.3) is 0 Å². The normalized spacial score (nSPS) is 28.9. The van der Waals surface area contributed by atoms with Gasteiger partial charge >= 0.3 is 0 Å². The zero-order valence-electron chi connectivity index (χ0n) is 7.42. The van der Waals surface area contributed by atoms with Gasteiger partial charge in [0.05, 0.1) is 12.2 Å². The fraction of sp³-hybridized carbons (Fsp3) is 1.00. The monoisotopic (exact) mass is 158 g/mol. The number of rotatable bonds is 2. The van der Waals surface area contributed by atoms with Crippen LogP contribution in [0.1, 0.15) is 33.1 Å². The summed E-state index contributed by atoms with van der Waals surface area (Å²) in [6.07, 6.45) is 3.22. The highest BCUT2D eigenvalue weighted by Crippen LogP contribution is 2.19. The lowest BCUT2D eigenvalue weighted by Crippen LogP contribution is -2.35. The van der Waals surface area contributed by atoms with E-state index in [1.807, 2.05) is 13.8 Å². The lowest BCUT2D eigenvalue weighted by molar-refractivity contribution is -0.0777. The van der Waals surface area contributed by atoms with Crippen molar-refractivity contribution in [3.05, 3.63) is 0 Å². The maximum Gasteiger partial charge on any atom is 0.0836 e. The first-order valence-corrected chi connectivity index (χ1v) is 4.51. The van der Waals surface area contributed by atoms with Crippen LogP contribution in [0.15, 0.2) is 0 Å². The number of hydrogen-bond donors (Lipinski definition) is 1. The van der Waals surface area contributed by atoms with E-state index in [1.54, 1.807) is 0 Å². The summed E-state index contributed by atoms with van der Waals surface area (Å²) in [5.41, 5.74) is 0. The summed E-state index contributed by atoms with van der Waals surface area (Å²) < 4.78 is 5.45. The van der Waals surface area contributed by atoms with Crippen LogP contribution in [-0.2, 0) is 4.74 Å². The molecule has 0 amide bonds. The fourth-order valence-electron chi connectivity index (χ4n) is 1.46. The highest BCUT2D eigenvalue weighted by atomic mass is 16.5. The van der Waals surface area contributed by atoms with Crippen LogP contribution < -0.4 is 0 Å². The highest BCUT2D eigenvalue weighted by Gasteiger charge is 2.24. The van der Waals surface area contributed by atoms with Crippen molar-refractivity contribution in [1.82, 2.24) is 0 Å². The molecule has 0 spiro atoms. The topological polar surface area (TPSA) is 29.5 Å². The van der Waals surface area contributed by atoms with Crippen LogP contribution in [-0.4, -0.2) is 23.9 Å². The second-order valence-corrected chi connectivity index (χ2v) is 3.64. The van der Waals surface area contributed by atoms with Crippen molar-refractivity contribution in [3.63, 3.8) is 0 Å². The SMILES string of the molecule is CC(C)C(O)C1CCCCO1. The zero-order valence-corrected chi connectivity index (χ0v) is 7.42. The van der Waals surface area contributed by atoms with Crippen LogP contribution in [0.3, 0.4) is 0 Å². The molecule has 0 aromatic rings. The van der Waals surface area contributed by atoms with E-state index in [0.717, 1.165) is 19.4 Å². The first-order valence-electron chi connectivity index (χ1n) is 4.51. The molecule has 2 heteroatoms. The Morgan fingerprint density at radius 2 is 2.09 bits per heavy atom. The molecule has 0 aromatic heterocycles. The minimum absolute atomic E-state index is 0.101. The van der Waals surface area contributed by atoms with Crippen molar-refractivity contribution in [1.29, 1.82) is 0 Å². The van der Waals surface area contributed by atoms with Crippen molar-refractivity contribution in [2.75, 3.05) is 6.61 Å². The molecule has 1 fully saturated rings. The maximum atomic E-state index is 9.63. The molecule has 1 heterocycles. The Balaban J connectivity index is 2.32. The first kappa shape index (κ1) is 9.01. The molecule has 66 valence electrons. The molecule has 1 rings (SSSR count). The largest absolute Gasteiger partial charge is 0.390 e. The molecule has 1 aliphatic heterocycles. The van der Waals surface area contributed by atoms with Crippen LogP contribution in [0.5, 0.6) is 0 Å². The van der Waals surface area contributed by atoms with E-state index in [9.17, 15) is 5.11 Å².